The van der Waals surface area contributed by atoms with Gasteiger partial charge in [-0.15, -0.1) is 0 Å². The Kier molecular flexibility index (Phi) is 1.74. The van der Waals surface area contributed by atoms with Gasteiger partial charge >= 0.3 is 5.97 Å². The summed E-state index contributed by atoms with van der Waals surface area (Å²) in [5.74, 6) is 0.644. The lowest BCUT2D eigenvalue weighted by molar-refractivity contribution is -0.133. The van der Waals surface area contributed by atoms with Gasteiger partial charge < -0.3 is 9.84 Å². The normalized spacial score (nSPS) is 59.9. The fourth-order valence-corrected chi connectivity index (χ4v) is 5.94. The van der Waals surface area contributed by atoms with Crippen LogP contribution in [0.5, 0.6) is 0 Å². The molecule has 1 saturated heterocycles. The van der Waals surface area contributed by atoms with Crippen molar-refractivity contribution >= 4 is 5.97 Å². The van der Waals surface area contributed by atoms with E-state index in [-0.39, 0.29) is 16.7 Å². The van der Waals surface area contributed by atoms with Crippen LogP contribution in [0.15, 0.2) is 11.6 Å². The number of hydrogen-bond acceptors (Lipinski definition) is 2. The summed E-state index contributed by atoms with van der Waals surface area (Å²) in [6.07, 6.45) is 5.14. The van der Waals surface area contributed by atoms with Crippen molar-refractivity contribution in [2.75, 3.05) is 0 Å². The molecule has 0 amide bonds. The van der Waals surface area contributed by atoms with E-state index in [1.54, 1.807) is 0 Å². The number of carboxylic acids is 1. The molecule has 3 aliphatic carbocycles. The first kappa shape index (κ1) is 11.0. The average molecular weight is 248 g/mol. The maximum Gasteiger partial charge on any atom is 0.331 e. The van der Waals surface area contributed by atoms with Crippen molar-refractivity contribution < 1.29 is 14.6 Å². The van der Waals surface area contributed by atoms with Gasteiger partial charge in [0.2, 0.25) is 0 Å². The van der Waals surface area contributed by atoms with Crippen molar-refractivity contribution in [3.63, 3.8) is 0 Å². The predicted molar refractivity (Wildman–Crippen MR) is 66.0 cm³/mol. The summed E-state index contributed by atoms with van der Waals surface area (Å²) >= 11 is 0. The molecule has 98 valence electrons. The zero-order chi connectivity index (χ0) is 12.9. The Hall–Kier alpha value is -0.830. The zero-order valence-electron chi connectivity index (χ0n) is 11.1. The monoisotopic (exact) mass is 248 g/mol. The highest BCUT2D eigenvalue weighted by Gasteiger charge is 2.79. The molecule has 0 aromatic rings. The van der Waals surface area contributed by atoms with E-state index in [0.29, 0.717) is 29.6 Å². The fraction of sp³-hybridized carbons (Fsp3) is 0.800. The van der Waals surface area contributed by atoms with Crippen LogP contribution in [0.4, 0.5) is 0 Å². The third-order valence-electron chi connectivity index (χ3n) is 6.63. The fourth-order valence-electron chi connectivity index (χ4n) is 5.94. The van der Waals surface area contributed by atoms with Crippen LogP contribution < -0.4 is 0 Å². The molecule has 2 saturated carbocycles. The van der Waals surface area contributed by atoms with Gasteiger partial charge in [-0.05, 0) is 36.0 Å². The standard InChI is InChI=1S/C15H20O3/c1-7-10-4-5-14(3)6-9(13(16)17)8(2)15(10,14)12-11(7)18-12/h6-8,10-12H,4-5H2,1-3H3,(H,16,17)/t7-,8-,10-,11+,12+,14-,15-/m0/s1. The highest BCUT2D eigenvalue weighted by Crippen LogP contribution is 2.77. The third kappa shape index (κ3) is 0.870. The summed E-state index contributed by atoms with van der Waals surface area (Å²) in [5, 5.41) is 9.43. The van der Waals surface area contributed by atoms with Crippen molar-refractivity contribution in [1.29, 1.82) is 0 Å². The summed E-state index contributed by atoms with van der Waals surface area (Å²) in [6, 6.07) is 0. The maximum absolute atomic E-state index is 11.5. The Morgan fingerprint density at radius 1 is 1.50 bits per heavy atom. The number of fused-ring (bicyclic) bond motifs is 1. The molecule has 3 fully saturated rings. The molecule has 0 aromatic heterocycles. The van der Waals surface area contributed by atoms with Crippen molar-refractivity contribution in [1.82, 2.24) is 0 Å². The first-order valence-electron chi connectivity index (χ1n) is 7.05. The summed E-state index contributed by atoms with van der Waals surface area (Å²) in [6.45, 7) is 6.66. The third-order valence-corrected chi connectivity index (χ3v) is 6.63. The molecule has 1 N–H and O–H groups in total. The van der Waals surface area contributed by atoms with Crippen LogP contribution in [-0.2, 0) is 9.53 Å². The van der Waals surface area contributed by atoms with Gasteiger partial charge in [0, 0.05) is 11.0 Å². The molecule has 1 spiro atoms. The van der Waals surface area contributed by atoms with Crippen LogP contribution in [-0.4, -0.2) is 23.3 Å². The molecule has 1 heterocycles. The van der Waals surface area contributed by atoms with E-state index in [0.717, 1.165) is 6.42 Å². The zero-order valence-corrected chi connectivity index (χ0v) is 11.1. The first-order chi connectivity index (χ1) is 8.43. The first-order valence-corrected chi connectivity index (χ1v) is 7.05. The summed E-state index contributed by atoms with van der Waals surface area (Å²) in [7, 11) is 0. The average Bonchev–Trinajstić information content (AvgIpc) is 2.91. The van der Waals surface area contributed by atoms with Gasteiger partial charge in [0.1, 0.15) is 0 Å². The van der Waals surface area contributed by atoms with E-state index in [2.05, 4.69) is 26.8 Å². The topological polar surface area (TPSA) is 49.8 Å². The molecule has 4 aliphatic rings. The van der Waals surface area contributed by atoms with E-state index < -0.39 is 5.97 Å². The molecule has 4 rings (SSSR count). The number of epoxide rings is 1. The van der Waals surface area contributed by atoms with E-state index in [9.17, 15) is 9.90 Å². The molecule has 0 unspecified atom stereocenters. The smallest absolute Gasteiger partial charge is 0.331 e. The Labute approximate surface area is 107 Å². The maximum atomic E-state index is 11.5. The predicted octanol–water partition coefficient (Wildman–Crippen LogP) is 2.47. The Balaban J connectivity index is 1.89. The minimum atomic E-state index is -0.733. The van der Waals surface area contributed by atoms with Gasteiger partial charge in [-0.1, -0.05) is 26.8 Å². The highest BCUT2D eigenvalue weighted by molar-refractivity contribution is 5.88. The number of aliphatic carboxylic acids is 1. The van der Waals surface area contributed by atoms with Crippen LogP contribution >= 0.6 is 0 Å². The molecular weight excluding hydrogens is 228 g/mol. The minimum Gasteiger partial charge on any atom is -0.478 e. The van der Waals surface area contributed by atoms with Crippen LogP contribution in [0.1, 0.15) is 33.6 Å². The number of hydrogen-bond donors (Lipinski definition) is 1. The Bertz CT molecular complexity index is 482. The molecule has 0 aromatic carbocycles. The van der Waals surface area contributed by atoms with Gasteiger partial charge in [-0.2, -0.15) is 0 Å². The molecule has 0 bridgehead atoms. The van der Waals surface area contributed by atoms with Gasteiger partial charge in [-0.25, -0.2) is 4.79 Å². The Morgan fingerprint density at radius 3 is 2.89 bits per heavy atom. The van der Waals surface area contributed by atoms with Gasteiger partial charge in [-0.3, -0.25) is 0 Å². The lowest BCUT2D eigenvalue weighted by Gasteiger charge is -2.43. The van der Waals surface area contributed by atoms with Gasteiger partial charge in [0.25, 0.3) is 0 Å². The molecule has 7 atom stereocenters. The number of carboxylic acid groups (broad SMARTS) is 1. The van der Waals surface area contributed by atoms with Crippen LogP contribution in [0.25, 0.3) is 0 Å². The summed E-state index contributed by atoms with van der Waals surface area (Å²) in [5.41, 5.74) is 0.741. The second-order valence-corrected chi connectivity index (χ2v) is 7.00. The number of carbonyl (C=O) groups is 1. The van der Waals surface area contributed by atoms with Crippen molar-refractivity contribution in [2.45, 2.75) is 45.8 Å². The van der Waals surface area contributed by atoms with Gasteiger partial charge in [0.05, 0.1) is 12.2 Å². The van der Waals surface area contributed by atoms with Crippen molar-refractivity contribution in [2.24, 2.45) is 28.6 Å². The minimum absolute atomic E-state index is 0.0367. The van der Waals surface area contributed by atoms with Crippen LogP contribution in [0.3, 0.4) is 0 Å². The van der Waals surface area contributed by atoms with Crippen molar-refractivity contribution in [3.8, 4) is 0 Å². The van der Waals surface area contributed by atoms with Crippen LogP contribution in [0, 0.1) is 28.6 Å². The number of allylic oxidation sites excluding steroid dienone is 1. The molecule has 3 nitrogen and oxygen atoms in total. The molecule has 18 heavy (non-hydrogen) atoms. The summed E-state index contributed by atoms with van der Waals surface area (Å²) < 4.78 is 5.92. The SMILES string of the molecule is C[C@@H]1[C@H]2O[C@H]2[C@@]23[C@@H](C)C(C(=O)O)=C[C@]2(C)CC[C@@H]13. The van der Waals surface area contributed by atoms with Gasteiger partial charge in [0.15, 0.2) is 0 Å². The van der Waals surface area contributed by atoms with Crippen molar-refractivity contribution in [3.05, 3.63) is 11.6 Å². The Morgan fingerprint density at radius 2 is 2.22 bits per heavy atom. The van der Waals surface area contributed by atoms with E-state index in [1.165, 1.54) is 6.42 Å². The van der Waals surface area contributed by atoms with E-state index >= 15 is 0 Å². The lowest BCUT2D eigenvalue weighted by Crippen LogP contribution is -2.44. The molecule has 1 aliphatic heterocycles. The number of rotatable bonds is 1. The second kappa shape index (κ2) is 2.84. The molecule has 0 radical (unpaired) electrons. The molecule has 3 heteroatoms. The lowest BCUT2D eigenvalue weighted by atomic mass is 9.60. The van der Waals surface area contributed by atoms with Crippen LogP contribution in [0.2, 0.25) is 0 Å². The quantitative estimate of drug-likeness (QED) is 0.725. The largest absolute Gasteiger partial charge is 0.478 e. The van der Waals surface area contributed by atoms with E-state index in [4.69, 9.17) is 4.74 Å². The van der Waals surface area contributed by atoms with E-state index in [1.807, 2.05) is 0 Å². The summed E-state index contributed by atoms with van der Waals surface area (Å²) in [4.78, 5) is 11.5. The molecular formula is C15H20O3. The highest BCUT2D eigenvalue weighted by atomic mass is 16.6. The number of ether oxygens (including phenoxy) is 1. The second-order valence-electron chi connectivity index (χ2n) is 7.00.